The number of nitrogens with two attached hydrogens (primary N) is 1. The molecule has 20 heavy (non-hydrogen) atoms. The smallest absolute Gasteiger partial charge is 0.127 e. The van der Waals surface area contributed by atoms with E-state index in [-0.39, 0.29) is 6.04 Å². The first kappa shape index (κ1) is 13.2. The summed E-state index contributed by atoms with van der Waals surface area (Å²) in [5, 5.41) is 4.46. The normalized spacial score (nSPS) is 15.0. The molecule has 1 atom stereocenters. The molecule has 2 aromatic rings. The summed E-state index contributed by atoms with van der Waals surface area (Å²) in [4.78, 5) is 0. The van der Waals surface area contributed by atoms with Crippen LogP contribution in [0.25, 0.3) is 0 Å². The quantitative estimate of drug-likeness (QED) is 0.931. The molecule has 0 spiro atoms. The van der Waals surface area contributed by atoms with E-state index in [4.69, 9.17) is 10.5 Å². The molecule has 0 bridgehead atoms. The van der Waals surface area contributed by atoms with E-state index >= 15 is 0 Å². The summed E-state index contributed by atoms with van der Waals surface area (Å²) in [6, 6.07) is 6.23. The maximum absolute atomic E-state index is 6.43. The molecule has 0 fully saturated rings. The Morgan fingerprint density at radius 2 is 2.20 bits per heavy atom. The van der Waals surface area contributed by atoms with Crippen LogP contribution in [0.5, 0.6) is 5.75 Å². The number of aryl methyl sites for hydroxylation is 2. The van der Waals surface area contributed by atoms with Crippen molar-refractivity contribution in [1.82, 2.24) is 9.78 Å². The van der Waals surface area contributed by atoms with E-state index < -0.39 is 0 Å². The molecule has 0 aliphatic carbocycles. The van der Waals surface area contributed by atoms with Gasteiger partial charge in [-0.05, 0) is 31.4 Å². The number of fused-ring (bicyclic) bond motifs is 1. The van der Waals surface area contributed by atoms with Crippen LogP contribution in [0.1, 0.15) is 34.1 Å². The fourth-order valence-electron chi connectivity index (χ4n) is 2.98. The fraction of sp³-hybridized carbons (Fsp3) is 0.438. The standard InChI is InChI=1S/C16H21N3O/c1-10-14(11(2)19(3)18-10)9-15(17)13-6-4-5-12-7-8-20-16(12)13/h4-6,15H,7-9,17H2,1-3H3. The maximum atomic E-state index is 6.43. The molecule has 4 nitrogen and oxygen atoms in total. The Labute approximate surface area is 119 Å². The van der Waals surface area contributed by atoms with Gasteiger partial charge in [0, 0.05) is 30.8 Å². The van der Waals surface area contributed by atoms with E-state index in [1.807, 2.05) is 18.7 Å². The van der Waals surface area contributed by atoms with Gasteiger partial charge in [0.1, 0.15) is 5.75 Å². The molecular weight excluding hydrogens is 250 g/mol. The van der Waals surface area contributed by atoms with Crippen molar-refractivity contribution in [1.29, 1.82) is 0 Å². The second-order valence-electron chi connectivity index (χ2n) is 5.52. The lowest BCUT2D eigenvalue weighted by molar-refractivity contribution is 0.351. The second-order valence-corrected chi connectivity index (χ2v) is 5.52. The number of benzene rings is 1. The van der Waals surface area contributed by atoms with Crippen molar-refractivity contribution in [3.8, 4) is 5.75 Å². The van der Waals surface area contributed by atoms with Crippen LogP contribution in [-0.4, -0.2) is 16.4 Å². The topological polar surface area (TPSA) is 53.1 Å². The van der Waals surface area contributed by atoms with Crippen LogP contribution in [0, 0.1) is 13.8 Å². The second kappa shape index (κ2) is 4.94. The van der Waals surface area contributed by atoms with Gasteiger partial charge < -0.3 is 10.5 Å². The SMILES string of the molecule is Cc1nn(C)c(C)c1CC(N)c1cccc2c1OCC2. The van der Waals surface area contributed by atoms with Gasteiger partial charge in [-0.2, -0.15) is 5.10 Å². The summed E-state index contributed by atoms with van der Waals surface area (Å²) in [5.41, 5.74) is 12.3. The van der Waals surface area contributed by atoms with Crippen molar-refractivity contribution >= 4 is 0 Å². The van der Waals surface area contributed by atoms with Crippen LogP contribution in [0.3, 0.4) is 0 Å². The van der Waals surface area contributed by atoms with Crippen molar-refractivity contribution in [2.24, 2.45) is 12.8 Å². The van der Waals surface area contributed by atoms with Gasteiger partial charge in [0.25, 0.3) is 0 Å². The zero-order chi connectivity index (χ0) is 14.3. The van der Waals surface area contributed by atoms with Gasteiger partial charge >= 0.3 is 0 Å². The zero-order valence-electron chi connectivity index (χ0n) is 12.3. The third kappa shape index (κ3) is 2.10. The Morgan fingerprint density at radius 3 is 2.90 bits per heavy atom. The average molecular weight is 271 g/mol. The summed E-state index contributed by atoms with van der Waals surface area (Å²) >= 11 is 0. The minimum Gasteiger partial charge on any atom is -0.493 e. The molecule has 2 N–H and O–H groups in total. The number of aromatic nitrogens is 2. The third-order valence-corrected chi connectivity index (χ3v) is 4.23. The Morgan fingerprint density at radius 1 is 1.40 bits per heavy atom. The van der Waals surface area contributed by atoms with Gasteiger partial charge in [0.2, 0.25) is 0 Å². The van der Waals surface area contributed by atoms with Crippen LogP contribution in [0.15, 0.2) is 18.2 Å². The predicted octanol–water partition coefficient (Wildman–Crippen LogP) is 2.21. The molecule has 106 valence electrons. The van der Waals surface area contributed by atoms with Gasteiger partial charge in [0.05, 0.1) is 12.3 Å². The molecular formula is C16H21N3O. The molecule has 2 heterocycles. The summed E-state index contributed by atoms with van der Waals surface area (Å²) in [6.07, 6.45) is 1.78. The fourth-order valence-corrected chi connectivity index (χ4v) is 2.98. The highest BCUT2D eigenvalue weighted by Crippen LogP contribution is 2.34. The summed E-state index contributed by atoms with van der Waals surface area (Å²) in [7, 11) is 1.97. The van der Waals surface area contributed by atoms with Gasteiger partial charge in [0.15, 0.2) is 0 Å². The lowest BCUT2D eigenvalue weighted by Gasteiger charge is -2.16. The van der Waals surface area contributed by atoms with Crippen molar-refractivity contribution < 1.29 is 4.74 Å². The lowest BCUT2D eigenvalue weighted by Crippen LogP contribution is -2.15. The Balaban J connectivity index is 1.90. The van der Waals surface area contributed by atoms with Crippen molar-refractivity contribution in [2.45, 2.75) is 32.7 Å². The first-order chi connectivity index (χ1) is 9.58. The lowest BCUT2D eigenvalue weighted by atomic mass is 9.96. The Hall–Kier alpha value is -1.81. The zero-order valence-corrected chi connectivity index (χ0v) is 12.3. The molecule has 1 aromatic carbocycles. The number of para-hydroxylation sites is 1. The molecule has 3 rings (SSSR count). The maximum Gasteiger partial charge on any atom is 0.127 e. The minimum absolute atomic E-state index is 0.0513. The molecule has 1 aliphatic heterocycles. The first-order valence-corrected chi connectivity index (χ1v) is 7.07. The van der Waals surface area contributed by atoms with Crippen LogP contribution < -0.4 is 10.5 Å². The molecule has 0 amide bonds. The molecule has 0 radical (unpaired) electrons. The highest BCUT2D eigenvalue weighted by atomic mass is 16.5. The summed E-state index contributed by atoms with van der Waals surface area (Å²) in [5.74, 6) is 0.999. The van der Waals surface area contributed by atoms with Gasteiger partial charge in [-0.15, -0.1) is 0 Å². The Bertz CT molecular complexity index is 645. The van der Waals surface area contributed by atoms with Crippen molar-refractivity contribution in [3.63, 3.8) is 0 Å². The number of nitrogens with zero attached hydrogens (tertiary/aromatic N) is 2. The summed E-state index contributed by atoms with van der Waals surface area (Å²) in [6.45, 7) is 4.90. The Kier molecular flexibility index (Phi) is 3.26. The van der Waals surface area contributed by atoms with Crippen LogP contribution >= 0.6 is 0 Å². The van der Waals surface area contributed by atoms with E-state index in [1.54, 1.807) is 0 Å². The molecule has 1 aliphatic rings. The van der Waals surface area contributed by atoms with Gasteiger partial charge in [-0.3, -0.25) is 4.68 Å². The highest BCUT2D eigenvalue weighted by molar-refractivity contribution is 5.46. The van der Waals surface area contributed by atoms with Crippen LogP contribution in [0.4, 0.5) is 0 Å². The summed E-state index contributed by atoms with van der Waals surface area (Å²) < 4.78 is 7.67. The molecule has 4 heteroatoms. The average Bonchev–Trinajstić information content (AvgIpc) is 2.99. The van der Waals surface area contributed by atoms with E-state index in [0.717, 1.165) is 36.5 Å². The van der Waals surface area contributed by atoms with E-state index in [0.29, 0.717) is 0 Å². The number of hydrogen-bond donors (Lipinski definition) is 1. The minimum atomic E-state index is -0.0513. The number of rotatable bonds is 3. The molecule has 1 unspecified atom stereocenters. The predicted molar refractivity (Wildman–Crippen MR) is 79.0 cm³/mol. The monoisotopic (exact) mass is 271 g/mol. The van der Waals surface area contributed by atoms with Crippen LogP contribution in [0.2, 0.25) is 0 Å². The molecule has 1 aromatic heterocycles. The third-order valence-electron chi connectivity index (χ3n) is 4.23. The number of ether oxygens (including phenoxy) is 1. The van der Waals surface area contributed by atoms with E-state index in [1.165, 1.54) is 16.8 Å². The highest BCUT2D eigenvalue weighted by Gasteiger charge is 2.21. The van der Waals surface area contributed by atoms with Gasteiger partial charge in [-0.25, -0.2) is 0 Å². The van der Waals surface area contributed by atoms with E-state index in [9.17, 15) is 0 Å². The molecule has 0 saturated heterocycles. The van der Waals surface area contributed by atoms with Crippen LogP contribution in [-0.2, 0) is 19.9 Å². The first-order valence-electron chi connectivity index (χ1n) is 7.07. The number of hydrogen-bond acceptors (Lipinski definition) is 3. The van der Waals surface area contributed by atoms with E-state index in [2.05, 4.69) is 30.2 Å². The van der Waals surface area contributed by atoms with Crippen molar-refractivity contribution in [2.75, 3.05) is 6.61 Å². The largest absolute Gasteiger partial charge is 0.493 e. The van der Waals surface area contributed by atoms with Crippen molar-refractivity contribution in [3.05, 3.63) is 46.3 Å². The van der Waals surface area contributed by atoms with Gasteiger partial charge in [-0.1, -0.05) is 18.2 Å². The molecule has 0 saturated carbocycles.